The topological polar surface area (TPSA) is 55.1 Å². The summed E-state index contributed by atoms with van der Waals surface area (Å²) in [4.78, 5) is 12.1. The number of carbonyl (C=O) groups is 1. The second-order valence-electron chi connectivity index (χ2n) is 4.52. The fourth-order valence-corrected chi connectivity index (χ4v) is 1.87. The summed E-state index contributed by atoms with van der Waals surface area (Å²) in [6.07, 6.45) is 0. The molecule has 0 heterocycles. The van der Waals surface area contributed by atoms with Crippen LogP contribution in [0.2, 0.25) is 0 Å². The molecule has 2 rings (SSSR count). The van der Waals surface area contributed by atoms with Crippen molar-refractivity contribution in [3.8, 4) is 0 Å². The summed E-state index contributed by atoms with van der Waals surface area (Å²) in [6, 6.07) is 17.3. The van der Waals surface area contributed by atoms with Crippen LogP contribution in [-0.4, -0.2) is 5.91 Å². The van der Waals surface area contributed by atoms with E-state index in [1.54, 1.807) is 0 Å². The second kappa shape index (κ2) is 6.16. The van der Waals surface area contributed by atoms with Crippen LogP contribution in [0.15, 0.2) is 54.6 Å². The molecule has 98 valence electrons. The molecule has 1 amide bonds. The van der Waals surface area contributed by atoms with Gasteiger partial charge in [-0.25, -0.2) is 0 Å². The van der Waals surface area contributed by atoms with E-state index in [0.29, 0.717) is 6.54 Å². The molecule has 0 saturated carbocycles. The minimum Gasteiger partial charge on any atom is -0.326 e. The van der Waals surface area contributed by atoms with E-state index in [9.17, 15) is 4.79 Å². The average Bonchev–Trinajstić information content (AvgIpc) is 2.48. The third kappa shape index (κ3) is 3.42. The van der Waals surface area contributed by atoms with E-state index in [2.05, 4.69) is 5.32 Å². The molecule has 19 heavy (non-hydrogen) atoms. The quantitative estimate of drug-likeness (QED) is 0.881. The Bertz CT molecular complexity index is 534. The van der Waals surface area contributed by atoms with Crippen LogP contribution in [-0.2, 0) is 11.3 Å². The standard InChI is InChI=1S/C16H18N2O/c1-12(14-5-3-2-4-6-14)16(19)18-15-9-7-13(11-17)8-10-15/h2-10,12H,11,17H2,1H3,(H,18,19). The molecule has 0 spiro atoms. The van der Waals surface area contributed by atoms with Gasteiger partial charge in [0.05, 0.1) is 5.92 Å². The van der Waals surface area contributed by atoms with Crippen molar-refractivity contribution in [3.63, 3.8) is 0 Å². The van der Waals surface area contributed by atoms with Gasteiger partial charge in [0.15, 0.2) is 0 Å². The summed E-state index contributed by atoms with van der Waals surface area (Å²) in [6.45, 7) is 2.41. The van der Waals surface area contributed by atoms with Gasteiger partial charge < -0.3 is 11.1 Å². The molecule has 1 atom stereocenters. The Morgan fingerprint density at radius 1 is 1.11 bits per heavy atom. The largest absolute Gasteiger partial charge is 0.326 e. The first-order chi connectivity index (χ1) is 9.20. The van der Waals surface area contributed by atoms with Gasteiger partial charge in [-0.1, -0.05) is 42.5 Å². The number of carbonyl (C=O) groups excluding carboxylic acids is 1. The molecule has 2 aromatic carbocycles. The maximum Gasteiger partial charge on any atom is 0.231 e. The van der Waals surface area contributed by atoms with Gasteiger partial charge in [-0.2, -0.15) is 0 Å². The summed E-state index contributed by atoms with van der Waals surface area (Å²) in [7, 11) is 0. The lowest BCUT2D eigenvalue weighted by atomic mass is 10.0. The van der Waals surface area contributed by atoms with Crippen LogP contribution in [0.3, 0.4) is 0 Å². The van der Waals surface area contributed by atoms with Gasteiger partial charge in [0.25, 0.3) is 0 Å². The van der Waals surface area contributed by atoms with E-state index in [-0.39, 0.29) is 11.8 Å². The van der Waals surface area contributed by atoms with Gasteiger partial charge >= 0.3 is 0 Å². The van der Waals surface area contributed by atoms with Crippen LogP contribution in [0, 0.1) is 0 Å². The van der Waals surface area contributed by atoms with Crippen molar-refractivity contribution < 1.29 is 4.79 Å². The summed E-state index contributed by atoms with van der Waals surface area (Å²) >= 11 is 0. The molecule has 0 aromatic heterocycles. The Morgan fingerprint density at radius 2 is 1.74 bits per heavy atom. The molecule has 1 unspecified atom stereocenters. The molecular weight excluding hydrogens is 236 g/mol. The minimum absolute atomic E-state index is 0.00769. The smallest absolute Gasteiger partial charge is 0.231 e. The van der Waals surface area contributed by atoms with Crippen LogP contribution < -0.4 is 11.1 Å². The SMILES string of the molecule is CC(C(=O)Nc1ccc(CN)cc1)c1ccccc1. The van der Waals surface area contributed by atoms with E-state index >= 15 is 0 Å². The second-order valence-corrected chi connectivity index (χ2v) is 4.52. The lowest BCUT2D eigenvalue weighted by molar-refractivity contribution is -0.117. The molecule has 0 aliphatic carbocycles. The number of nitrogens with one attached hydrogen (secondary N) is 1. The first-order valence-corrected chi connectivity index (χ1v) is 6.35. The Hall–Kier alpha value is -2.13. The molecule has 0 radical (unpaired) electrons. The number of rotatable bonds is 4. The minimum atomic E-state index is -0.171. The summed E-state index contributed by atoms with van der Waals surface area (Å²) in [5.74, 6) is -0.179. The molecule has 0 saturated heterocycles. The van der Waals surface area contributed by atoms with Gasteiger partial charge in [-0.05, 0) is 30.2 Å². The van der Waals surface area contributed by atoms with Crippen LogP contribution in [0.1, 0.15) is 24.0 Å². The normalized spacial score (nSPS) is 11.9. The first-order valence-electron chi connectivity index (χ1n) is 6.35. The van der Waals surface area contributed by atoms with Gasteiger partial charge in [0.1, 0.15) is 0 Å². The number of nitrogens with two attached hydrogens (primary N) is 1. The van der Waals surface area contributed by atoms with Crippen molar-refractivity contribution >= 4 is 11.6 Å². The average molecular weight is 254 g/mol. The van der Waals surface area contributed by atoms with Crippen molar-refractivity contribution in [2.75, 3.05) is 5.32 Å². The van der Waals surface area contributed by atoms with E-state index in [1.165, 1.54) is 0 Å². The highest BCUT2D eigenvalue weighted by Crippen LogP contribution is 2.17. The highest BCUT2D eigenvalue weighted by molar-refractivity contribution is 5.95. The highest BCUT2D eigenvalue weighted by Gasteiger charge is 2.14. The van der Waals surface area contributed by atoms with Crippen molar-refractivity contribution in [3.05, 3.63) is 65.7 Å². The maximum absolute atomic E-state index is 12.1. The molecule has 2 aromatic rings. The van der Waals surface area contributed by atoms with Crippen LogP contribution in [0.25, 0.3) is 0 Å². The zero-order valence-electron chi connectivity index (χ0n) is 11.0. The lowest BCUT2D eigenvalue weighted by Crippen LogP contribution is -2.18. The van der Waals surface area contributed by atoms with Crippen LogP contribution in [0.5, 0.6) is 0 Å². The van der Waals surface area contributed by atoms with Gasteiger partial charge in [0, 0.05) is 12.2 Å². The number of hydrogen-bond donors (Lipinski definition) is 2. The van der Waals surface area contributed by atoms with E-state index < -0.39 is 0 Å². The van der Waals surface area contributed by atoms with Crippen molar-refractivity contribution in [1.29, 1.82) is 0 Å². The maximum atomic E-state index is 12.1. The number of amides is 1. The number of benzene rings is 2. The summed E-state index contributed by atoms with van der Waals surface area (Å²) in [5.41, 5.74) is 8.40. The molecule has 3 N–H and O–H groups in total. The third-order valence-electron chi connectivity index (χ3n) is 3.15. The Balaban J connectivity index is 2.04. The van der Waals surface area contributed by atoms with E-state index in [4.69, 9.17) is 5.73 Å². The van der Waals surface area contributed by atoms with Gasteiger partial charge in [-0.3, -0.25) is 4.79 Å². The number of hydrogen-bond acceptors (Lipinski definition) is 2. The fourth-order valence-electron chi connectivity index (χ4n) is 1.87. The van der Waals surface area contributed by atoms with Gasteiger partial charge in [0.2, 0.25) is 5.91 Å². The molecule has 0 fully saturated rings. The first kappa shape index (κ1) is 13.3. The molecule has 0 bridgehead atoms. The predicted octanol–water partition coefficient (Wildman–Crippen LogP) is 2.89. The van der Waals surface area contributed by atoms with Gasteiger partial charge in [-0.15, -0.1) is 0 Å². The Morgan fingerprint density at radius 3 is 2.32 bits per heavy atom. The fraction of sp³-hybridized carbons (Fsp3) is 0.188. The lowest BCUT2D eigenvalue weighted by Gasteiger charge is -2.12. The Kier molecular flexibility index (Phi) is 4.31. The predicted molar refractivity (Wildman–Crippen MR) is 77.8 cm³/mol. The molecule has 3 heteroatoms. The highest BCUT2D eigenvalue weighted by atomic mass is 16.1. The molecule has 3 nitrogen and oxygen atoms in total. The third-order valence-corrected chi connectivity index (χ3v) is 3.15. The van der Waals surface area contributed by atoms with Crippen LogP contribution in [0.4, 0.5) is 5.69 Å². The van der Waals surface area contributed by atoms with Crippen molar-refractivity contribution in [1.82, 2.24) is 0 Å². The van der Waals surface area contributed by atoms with Crippen molar-refractivity contribution in [2.45, 2.75) is 19.4 Å². The monoisotopic (exact) mass is 254 g/mol. The summed E-state index contributed by atoms with van der Waals surface area (Å²) in [5, 5.41) is 2.91. The van der Waals surface area contributed by atoms with Crippen molar-refractivity contribution in [2.24, 2.45) is 5.73 Å². The zero-order valence-corrected chi connectivity index (χ0v) is 11.0. The molecule has 0 aliphatic heterocycles. The molecular formula is C16H18N2O. The van der Waals surface area contributed by atoms with E-state index in [1.807, 2.05) is 61.5 Å². The zero-order chi connectivity index (χ0) is 13.7. The Labute approximate surface area is 113 Å². The summed E-state index contributed by atoms with van der Waals surface area (Å²) < 4.78 is 0. The van der Waals surface area contributed by atoms with Crippen LogP contribution >= 0.6 is 0 Å². The number of anilines is 1. The van der Waals surface area contributed by atoms with E-state index in [0.717, 1.165) is 16.8 Å². The molecule has 0 aliphatic rings.